The van der Waals surface area contributed by atoms with E-state index in [2.05, 4.69) is 26.2 Å². The number of hydrogen-bond donors (Lipinski definition) is 2. The number of aromatic carboxylic acids is 1. The first-order valence-electron chi connectivity index (χ1n) is 6.49. The largest absolute Gasteiger partial charge is 0.478 e. The lowest BCUT2D eigenvalue weighted by Gasteiger charge is -2.20. The number of carbonyl (C=O) groups excluding carboxylic acids is 1. The van der Waals surface area contributed by atoms with Crippen LogP contribution in [0, 0.1) is 0 Å². The highest BCUT2D eigenvalue weighted by atomic mass is 79.9. The van der Waals surface area contributed by atoms with Gasteiger partial charge in [-0.1, -0.05) is 15.9 Å². The summed E-state index contributed by atoms with van der Waals surface area (Å²) >= 11 is 3.32. The smallest absolute Gasteiger partial charge is 0.412 e. The summed E-state index contributed by atoms with van der Waals surface area (Å²) in [6.07, 6.45) is 0.494. The van der Waals surface area contributed by atoms with Crippen molar-refractivity contribution in [2.45, 2.75) is 26.4 Å². The van der Waals surface area contributed by atoms with E-state index >= 15 is 0 Å². The Morgan fingerprint density at radius 1 is 1.32 bits per heavy atom. The molecule has 0 fully saturated rings. The molecule has 0 aliphatic carbocycles. The van der Waals surface area contributed by atoms with E-state index in [9.17, 15) is 14.7 Å². The molecule has 1 aromatic heterocycles. The molecule has 2 aromatic rings. The number of halogens is 1. The van der Waals surface area contributed by atoms with E-state index in [4.69, 9.17) is 4.74 Å². The number of aromatic nitrogens is 1. The maximum Gasteiger partial charge on any atom is 0.412 e. The van der Waals surface area contributed by atoms with E-state index in [-0.39, 0.29) is 11.3 Å². The van der Waals surface area contributed by atoms with Gasteiger partial charge < -0.3 is 9.84 Å². The molecule has 116 valence electrons. The van der Waals surface area contributed by atoms with Crippen LogP contribution < -0.4 is 5.32 Å². The Labute approximate surface area is 135 Å². The average Bonchev–Trinajstić information content (AvgIpc) is 2.36. The lowest BCUT2D eigenvalue weighted by atomic mass is 10.1. The number of hydrogen-bond acceptors (Lipinski definition) is 4. The molecule has 0 unspecified atom stereocenters. The van der Waals surface area contributed by atoms with Crippen molar-refractivity contribution in [3.05, 3.63) is 34.4 Å². The second kappa shape index (κ2) is 5.92. The van der Waals surface area contributed by atoms with E-state index in [1.54, 1.807) is 39.0 Å². The third-order valence-corrected chi connectivity index (χ3v) is 3.18. The number of anilines is 1. The lowest BCUT2D eigenvalue weighted by molar-refractivity contribution is 0.0636. The van der Waals surface area contributed by atoms with Crippen molar-refractivity contribution in [3.63, 3.8) is 0 Å². The number of carboxylic acids is 1. The summed E-state index contributed by atoms with van der Waals surface area (Å²) in [6, 6.07) is 5.21. The summed E-state index contributed by atoms with van der Waals surface area (Å²) in [7, 11) is 0. The first kappa shape index (κ1) is 16.2. The minimum Gasteiger partial charge on any atom is -0.478 e. The van der Waals surface area contributed by atoms with Gasteiger partial charge in [-0.2, -0.15) is 0 Å². The molecule has 7 heteroatoms. The van der Waals surface area contributed by atoms with Crippen LogP contribution in [-0.2, 0) is 4.74 Å². The highest BCUT2D eigenvalue weighted by Crippen LogP contribution is 2.29. The SMILES string of the molecule is CC(C)(C)OC(=O)Nc1c(C(=O)O)cnc2ccc(Br)cc12. The molecule has 0 bridgehead atoms. The number of carbonyl (C=O) groups is 2. The number of rotatable bonds is 2. The monoisotopic (exact) mass is 366 g/mol. The standard InChI is InChI=1S/C15H15BrN2O4/c1-15(2,3)22-14(21)18-12-9-6-8(16)4-5-11(9)17-7-10(12)13(19)20/h4-7H,1-3H3,(H,19,20)(H,17,18,21). The molecular weight excluding hydrogens is 352 g/mol. The van der Waals surface area contributed by atoms with Crippen LogP contribution in [-0.4, -0.2) is 27.8 Å². The van der Waals surface area contributed by atoms with Gasteiger partial charge in [-0.15, -0.1) is 0 Å². The highest BCUT2D eigenvalue weighted by Gasteiger charge is 2.21. The Bertz CT molecular complexity index is 753. The van der Waals surface area contributed by atoms with Crippen molar-refractivity contribution in [1.29, 1.82) is 0 Å². The number of carboxylic acid groups (broad SMARTS) is 1. The minimum absolute atomic E-state index is 0.101. The Hall–Kier alpha value is -2.15. The van der Waals surface area contributed by atoms with Crippen molar-refractivity contribution >= 4 is 44.6 Å². The number of amides is 1. The van der Waals surface area contributed by atoms with E-state index in [0.717, 1.165) is 4.47 Å². The summed E-state index contributed by atoms with van der Waals surface area (Å²) in [6.45, 7) is 5.18. The predicted octanol–water partition coefficient (Wildman–Crippen LogP) is 4.04. The Morgan fingerprint density at radius 2 is 2.00 bits per heavy atom. The summed E-state index contributed by atoms with van der Waals surface area (Å²) in [4.78, 5) is 27.4. The number of ether oxygens (including phenoxy) is 1. The van der Waals surface area contributed by atoms with Gasteiger partial charge in [-0.05, 0) is 39.0 Å². The molecule has 22 heavy (non-hydrogen) atoms. The van der Waals surface area contributed by atoms with Crippen molar-refractivity contribution < 1.29 is 19.4 Å². The molecule has 2 rings (SSSR count). The second-order valence-corrected chi connectivity index (χ2v) is 6.56. The van der Waals surface area contributed by atoms with E-state index in [1.807, 2.05) is 0 Å². The number of pyridine rings is 1. The molecule has 0 saturated carbocycles. The van der Waals surface area contributed by atoms with Crippen molar-refractivity contribution in [1.82, 2.24) is 4.98 Å². The van der Waals surface area contributed by atoms with Gasteiger partial charge in [0.05, 0.1) is 11.2 Å². The topological polar surface area (TPSA) is 88.5 Å². The molecule has 2 N–H and O–H groups in total. The second-order valence-electron chi connectivity index (χ2n) is 5.64. The fourth-order valence-electron chi connectivity index (χ4n) is 1.87. The fraction of sp³-hybridized carbons (Fsp3) is 0.267. The van der Waals surface area contributed by atoms with Crippen LogP contribution in [0.2, 0.25) is 0 Å². The maximum atomic E-state index is 12.0. The van der Waals surface area contributed by atoms with Crippen LogP contribution in [0.3, 0.4) is 0 Å². The third-order valence-electron chi connectivity index (χ3n) is 2.69. The van der Waals surface area contributed by atoms with Gasteiger partial charge >= 0.3 is 12.1 Å². The van der Waals surface area contributed by atoms with Crippen LogP contribution in [0.1, 0.15) is 31.1 Å². The van der Waals surface area contributed by atoms with Gasteiger partial charge in [0.1, 0.15) is 11.2 Å². The molecule has 1 heterocycles. The van der Waals surface area contributed by atoms with Crippen LogP contribution in [0.25, 0.3) is 10.9 Å². The summed E-state index contributed by atoms with van der Waals surface area (Å²) in [5.74, 6) is -1.18. The molecule has 0 radical (unpaired) electrons. The van der Waals surface area contributed by atoms with E-state index in [0.29, 0.717) is 10.9 Å². The Morgan fingerprint density at radius 3 is 2.59 bits per heavy atom. The lowest BCUT2D eigenvalue weighted by Crippen LogP contribution is -2.28. The summed E-state index contributed by atoms with van der Waals surface area (Å²) in [5, 5.41) is 12.3. The molecule has 0 spiro atoms. The fourth-order valence-corrected chi connectivity index (χ4v) is 2.23. The van der Waals surface area contributed by atoms with E-state index < -0.39 is 17.7 Å². The van der Waals surface area contributed by atoms with Gasteiger partial charge in [0.15, 0.2) is 0 Å². The quantitative estimate of drug-likeness (QED) is 0.836. The first-order chi connectivity index (χ1) is 10.2. The van der Waals surface area contributed by atoms with Crippen molar-refractivity contribution in [2.75, 3.05) is 5.32 Å². The van der Waals surface area contributed by atoms with Crippen molar-refractivity contribution in [3.8, 4) is 0 Å². The Balaban J connectivity index is 2.53. The predicted molar refractivity (Wildman–Crippen MR) is 86.3 cm³/mol. The van der Waals surface area contributed by atoms with Gasteiger partial charge in [0.25, 0.3) is 0 Å². The molecular formula is C15H15BrN2O4. The summed E-state index contributed by atoms with van der Waals surface area (Å²) < 4.78 is 5.93. The molecule has 0 aliphatic rings. The van der Waals surface area contributed by atoms with E-state index in [1.165, 1.54) is 6.20 Å². The number of nitrogens with one attached hydrogen (secondary N) is 1. The normalized spacial score (nSPS) is 11.3. The first-order valence-corrected chi connectivity index (χ1v) is 7.28. The molecule has 1 aromatic carbocycles. The van der Waals surface area contributed by atoms with Crippen LogP contribution in [0.5, 0.6) is 0 Å². The van der Waals surface area contributed by atoms with Gasteiger partial charge in [-0.3, -0.25) is 10.3 Å². The zero-order chi connectivity index (χ0) is 16.5. The number of nitrogens with zero attached hydrogens (tertiary/aromatic N) is 1. The zero-order valence-corrected chi connectivity index (χ0v) is 13.9. The Kier molecular flexibility index (Phi) is 4.37. The average molecular weight is 367 g/mol. The molecule has 1 amide bonds. The van der Waals surface area contributed by atoms with Gasteiger partial charge in [-0.25, -0.2) is 9.59 Å². The number of fused-ring (bicyclic) bond motifs is 1. The highest BCUT2D eigenvalue weighted by molar-refractivity contribution is 9.10. The van der Waals surface area contributed by atoms with Crippen LogP contribution in [0.4, 0.5) is 10.5 Å². The van der Waals surface area contributed by atoms with Crippen LogP contribution in [0.15, 0.2) is 28.9 Å². The molecule has 6 nitrogen and oxygen atoms in total. The zero-order valence-electron chi connectivity index (χ0n) is 12.3. The molecule has 0 saturated heterocycles. The minimum atomic E-state index is -1.18. The molecule has 0 aliphatic heterocycles. The maximum absolute atomic E-state index is 12.0. The third kappa shape index (κ3) is 3.73. The van der Waals surface area contributed by atoms with Crippen molar-refractivity contribution in [2.24, 2.45) is 0 Å². The van der Waals surface area contributed by atoms with Crippen LogP contribution >= 0.6 is 15.9 Å². The van der Waals surface area contributed by atoms with Gasteiger partial charge in [0, 0.05) is 16.1 Å². The summed E-state index contributed by atoms with van der Waals surface area (Å²) in [5.41, 5.74) is -0.0552. The molecule has 0 atom stereocenters. The van der Waals surface area contributed by atoms with Gasteiger partial charge in [0.2, 0.25) is 0 Å². The number of benzene rings is 1.